The van der Waals surface area contributed by atoms with E-state index in [0.717, 1.165) is 29.0 Å². The predicted octanol–water partition coefficient (Wildman–Crippen LogP) is 3.68. The summed E-state index contributed by atoms with van der Waals surface area (Å²) < 4.78 is 24.6. The summed E-state index contributed by atoms with van der Waals surface area (Å²) in [6.45, 7) is 3.29. The van der Waals surface area contributed by atoms with Crippen LogP contribution in [0.1, 0.15) is 23.6 Å². The van der Waals surface area contributed by atoms with Gasteiger partial charge in [-0.1, -0.05) is 12.1 Å². The van der Waals surface area contributed by atoms with Crippen molar-refractivity contribution in [3.63, 3.8) is 0 Å². The first-order chi connectivity index (χ1) is 13.1. The number of guanidine groups is 1. The molecule has 1 aliphatic heterocycles. The molecule has 3 rings (SSSR count). The molecule has 0 aliphatic carbocycles. The molecule has 2 aromatic rings. The standard InChI is InChI=1S/C21H26FN3O2.HI/c1-14-9-16-11-19(26-3)17(12-20(16)27-14)13-25-21(23-2)24-8-7-15-5-4-6-18(22)10-15;/h4-6,10-12,14H,7-9,13H2,1-3H3,(H2,23,24,25);1H. The molecule has 0 saturated heterocycles. The molecule has 0 saturated carbocycles. The second kappa shape index (κ2) is 10.5. The van der Waals surface area contributed by atoms with Gasteiger partial charge in [0.2, 0.25) is 0 Å². The van der Waals surface area contributed by atoms with E-state index < -0.39 is 0 Å². The molecule has 0 fully saturated rings. The fourth-order valence-corrected chi connectivity index (χ4v) is 3.23. The van der Waals surface area contributed by atoms with Gasteiger partial charge < -0.3 is 20.1 Å². The van der Waals surface area contributed by atoms with Crippen LogP contribution in [0.2, 0.25) is 0 Å². The van der Waals surface area contributed by atoms with E-state index in [4.69, 9.17) is 9.47 Å². The smallest absolute Gasteiger partial charge is 0.191 e. The van der Waals surface area contributed by atoms with Crippen LogP contribution in [-0.2, 0) is 19.4 Å². The summed E-state index contributed by atoms with van der Waals surface area (Å²) in [5, 5.41) is 6.54. The minimum absolute atomic E-state index is 0. The highest BCUT2D eigenvalue weighted by Gasteiger charge is 2.21. The molecule has 1 aliphatic rings. The van der Waals surface area contributed by atoms with Crippen molar-refractivity contribution >= 4 is 29.9 Å². The van der Waals surface area contributed by atoms with E-state index in [9.17, 15) is 4.39 Å². The summed E-state index contributed by atoms with van der Waals surface area (Å²) in [5.41, 5.74) is 3.14. The minimum Gasteiger partial charge on any atom is -0.496 e. The van der Waals surface area contributed by atoms with Crippen molar-refractivity contribution in [1.82, 2.24) is 10.6 Å². The van der Waals surface area contributed by atoms with Crippen molar-refractivity contribution in [1.29, 1.82) is 0 Å². The highest BCUT2D eigenvalue weighted by molar-refractivity contribution is 14.0. The van der Waals surface area contributed by atoms with Crippen molar-refractivity contribution < 1.29 is 13.9 Å². The normalized spacial score (nSPS) is 15.3. The average Bonchev–Trinajstić information content (AvgIpc) is 3.02. The number of methoxy groups -OCH3 is 1. The Labute approximate surface area is 182 Å². The van der Waals surface area contributed by atoms with Crippen LogP contribution in [0.15, 0.2) is 41.4 Å². The molecular weight excluding hydrogens is 472 g/mol. The van der Waals surface area contributed by atoms with Crippen molar-refractivity contribution in [2.45, 2.75) is 32.4 Å². The highest BCUT2D eigenvalue weighted by Crippen LogP contribution is 2.34. The van der Waals surface area contributed by atoms with Gasteiger partial charge in [-0.25, -0.2) is 4.39 Å². The van der Waals surface area contributed by atoms with Crippen molar-refractivity contribution in [2.75, 3.05) is 20.7 Å². The molecule has 1 heterocycles. The second-order valence-corrected chi connectivity index (χ2v) is 6.64. The number of benzene rings is 2. The molecule has 1 atom stereocenters. The zero-order chi connectivity index (χ0) is 19.2. The van der Waals surface area contributed by atoms with Gasteiger partial charge in [0.05, 0.1) is 7.11 Å². The zero-order valence-corrected chi connectivity index (χ0v) is 18.8. The molecule has 0 bridgehead atoms. The van der Waals surface area contributed by atoms with Gasteiger partial charge in [0.25, 0.3) is 0 Å². The molecule has 28 heavy (non-hydrogen) atoms. The molecule has 152 valence electrons. The van der Waals surface area contributed by atoms with E-state index in [1.54, 1.807) is 26.3 Å². The quantitative estimate of drug-likeness (QED) is 0.362. The number of nitrogens with one attached hydrogen (secondary N) is 2. The minimum atomic E-state index is -0.213. The highest BCUT2D eigenvalue weighted by atomic mass is 127. The predicted molar refractivity (Wildman–Crippen MR) is 121 cm³/mol. The van der Waals surface area contributed by atoms with Crippen molar-refractivity contribution in [3.05, 3.63) is 58.9 Å². The Kier molecular flexibility index (Phi) is 8.35. The molecule has 0 radical (unpaired) electrons. The summed E-state index contributed by atoms with van der Waals surface area (Å²) in [6, 6.07) is 10.7. The maximum Gasteiger partial charge on any atom is 0.191 e. The Morgan fingerprint density at radius 3 is 2.82 bits per heavy atom. The number of hydrogen-bond donors (Lipinski definition) is 2. The number of aliphatic imine (C=N–C) groups is 1. The molecule has 0 aromatic heterocycles. The van der Waals surface area contributed by atoms with Gasteiger partial charge in [-0.15, -0.1) is 24.0 Å². The van der Waals surface area contributed by atoms with E-state index in [0.29, 0.717) is 25.5 Å². The topological polar surface area (TPSA) is 54.9 Å². The molecule has 0 amide bonds. The first kappa shape index (κ1) is 22.3. The maximum absolute atomic E-state index is 13.2. The third-order valence-electron chi connectivity index (χ3n) is 4.56. The molecule has 1 unspecified atom stereocenters. The molecule has 5 nitrogen and oxygen atoms in total. The van der Waals surface area contributed by atoms with Gasteiger partial charge in [-0.3, -0.25) is 4.99 Å². The summed E-state index contributed by atoms with van der Waals surface area (Å²) in [6.07, 6.45) is 1.82. The van der Waals surface area contributed by atoms with Crippen molar-refractivity contribution in [2.24, 2.45) is 4.99 Å². The summed E-state index contributed by atoms with van der Waals surface area (Å²) in [5.74, 6) is 2.24. The molecule has 7 heteroatoms. The molecule has 2 N–H and O–H groups in total. The van der Waals surface area contributed by atoms with Crippen LogP contribution in [0.4, 0.5) is 4.39 Å². The molecular formula is C21H27FIN3O2. The van der Waals surface area contributed by atoms with Crippen LogP contribution in [0.3, 0.4) is 0 Å². The Morgan fingerprint density at radius 1 is 1.29 bits per heavy atom. The van der Waals surface area contributed by atoms with Gasteiger partial charge in [0.15, 0.2) is 5.96 Å². The Balaban J connectivity index is 0.00000280. The second-order valence-electron chi connectivity index (χ2n) is 6.64. The fourth-order valence-electron chi connectivity index (χ4n) is 3.23. The summed E-state index contributed by atoms with van der Waals surface area (Å²) in [7, 11) is 3.40. The van der Waals surface area contributed by atoms with E-state index in [1.165, 1.54) is 11.6 Å². The number of nitrogens with zero attached hydrogens (tertiary/aromatic N) is 1. The van der Waals surface area contributed by atoms with Crippen LogP contribution in [0, 0.1) is 5.82 Å². The lowest BCUT2D eigenvalue weighted by atomic mass is 10.1. The van der Waals surface area contributed by atoms with Crippen LogP contribution in [0.5, 0.6) is 11.5 Å². The van der Waals surface area contributed by atoms with Crippen molar-refractivity contribution in [3.8, 4) is 11.5 Å². The first-order valence-corrected chi connectivity index (χ1v) is 9.14. The zero-order valence-electron chi connectivity index (χ0n) is 16.4. The third kappa shape index (κ3) is 5.73. The third-order valence-corrected chi connectivity index (χ3v) is 4.56. The van der Waals surface area contributed by atoms with Crippen LogP contribution in [-0.4, -0.2) is 32.8 Å². The molecule has 0 spiro atoms. The lowest BCUT2D eigenvalue weighted by Gasteiger charge is -2.15. The number of rotatable bonds is 6. The Bertz CT molecular complexity index is 829. The maximum atomic E-state index is 13.2. The number of halogens is 2. The number of hydrogen-bond acceptors (Lipinski definition) is 3. The first-order valence-electron chi connectivity index (χ1n) is 9.14. The fraction of sp³-hybridized carbons (Fsp3) is 0.381. The lowest BCUT2D eigenvalue weighted by Crippen LogP contribution is -2.37. The van der Waals surface area contributed by atoms with Gasteiger partial charge in [0.1, 0.15) is 23.4 Å². The average molecular weight is 499 g/mol. The summed E-state index contributed by atoms with van der Waals surface area (Å²) in [4.78, 5) is 4.24. The van der Waals surface area contributed by atoms with Crippen LogP contribution >= 0.6 is 24.0 Å². The monoisotopic (exact) mass is 499 g/mol. The lowest BCUT2D eigenvalue weighted by molar-refractivity contribution is 0.254. The molecule has 2 aromatic carbocycles. The van der Waals surface area contributed by atoms with Gasteiger partial charge in [-0.2, -0.15) is 0 Å². The van der Waals surface area contributed by atoms with Gasteiger partial charge >= 0.3 is 0 Å². The SMILES string of the molecule is CN=C(NCCc1cccc(F)c1)NCc1cc2c(cc1OC)CC(C)O2.I. The summed E-state index contributed by atoms with van der Waals surface area (Å²) >= 11 is 0. The number of ether oxygens (including phenoxy) is 2. The van der Waals surface area contributed by atoms with Crippen LogP contribution < -0.4 is 20.1 Å². The Morgan fingerprint density at radius 2 is 2.11 bits per heavy atom. The van der Waals surface area contributed by atoms with E-state index in [-0.39, 0.29) is 35.9 Å². The number of fused-ring (bicyclic) bond motifs is 1. The van der Waals surface area contributed by atoms with Crippen LogP contribution in [0.25, 0.3) is 0 Å². The van der Waals surface area contributed by atoms with Gasteiger partial charge in [0, 0.05) is 37.7 Å². The Hall–Kier alpha value is -2.03. The largest absolute Gasteiger partial charge is 0.496 e. The van der Waals surface area contributed by atoms with E-state index >= 15 is 0 Å². The van der Waals surface area contributed by atoms with E-state index in [2.05, 4.69) is 28.6 Å². The van der Waals surface area contributed by atoms with E-state index in [1.807, 2.05) is 12.1 Å². The van der Waals surface area contributed by atoms with Gasteiger partial charge in [-0.05, 0) is 43.2 Å².